The van der Waals surface area contributed by atoms with Gasteiger partial charge in [-0.05, 0) is 30.6 Å². The van der Waals surface area contributed by atoms with Gasteiger partial charge in [0.2, 0.25) is 0 Å². The van der Waals surface area contributed by atoms with Crippen molar-refractivity contribution in [2.45, 2.75) is 12.0 Å². The Morgan fingerprint density at radius 1 is 1.30 bits per heavy atom. The highest BCUT2D eigenvalue weighted by molar-refractivity contribution is 7.74. The molecule has 9 nitrogen and oxygen atoms in total. The fraction of sp³-hybridized carbons (Fsp3) is 0.353. The number of pyridine rings is 1. The second-order valence-electron chi connectivity index (χ2n) is 6.18. The SMILES string of the molecule is C1CN1.N#CCC1(n2cc(-c3ccnc4[nH]ccc34)cn2)CNC1.O.OS.[HH]. The van der Waals surface area contributed by atoms with Crippen LogP contribution in [0.5, 0.6) is 0 Å². The molecule has 0 spiro atoms. The summed E-state index contributed by atoms with van der Waals surface area (Å²) in [4.78, 5) is 7.42. The predicted molar refractivity (Wildman–Crippen MR) is 109 cm³/mol. The molecular weight excluding hydrogens is 366 g/mol. The minimum atomic E-state index is -0.197. The lowest BCUT2D eigenvalue weighted by Gasteiger charge is -2.41. The van der Waals surface area contributed by atoms with Crippen molar-refractivity contribution < 1.29 is 11.5 Å². The number of H-pyrrole nitrogens is 1. The fourth-order valence-electron chi connectivity index (χ4n) is 2.86. The molecule has 0 aliphatic carbocycles. The van der Waals surface area contributed by atoms with Crippen molar-refractivity contribution in [2.24, 2.45) is 0 Å². The molecule has 2 fully saturated rings. The van der Waals surface area contributed by atoms with E-state index in [9.17, 15) is 0 Å². The van der Waals surface area contributed by atoms with Crippen molar-refractivity contribution in [1.29, 1.82) is 5.26 Å². The third-order valence-electron chi connectivity index (χ3n) is 4.41. The largest absolute Gasteiger partial charge is 0.412 e. The first kappa shape index (κ1) is 20.9. The van der Waals surface area contributed by atoms with Crippen LogP contribution in [0.25, 0.3) is 22.2 Å². The summed E-state index contributed by atoms with van der Waals surface area (Å²) >= 11 is 2.53. The summed E-state index contributed by atoms with van der Waals surface area (Å²) < 4.78 is 8.63. The molecule has 146 valence electrons. The summed E-state index contributed by atoms with van der Waals surface area (Å²) in [5.74, 6) is 0. The van der Waals surface area contributed by atoms with E-state index in [0.717, 1.165) is 35.2 Å². The Balaban J connectivity index is 0.000000502. The Labute approximate surface area is 163 Å². The van der Waals surface area contributed by atoms with Gasteiger partial charge in [-0.15, -0.1) is 0 Å². The summed E-state index contributed by atoms with van der Waals surface area (Å²) in [6, 6.07) is 6.28. The van der Waals surface area contributed by atoms with Gasteiger partial charge in [-0.1, -0.05) is 0 Å². The Bertz CT molecular complexity index is 899. The highest BCUT2D eigenvalue weighted by atomic mass is 32.1. The van der Waals surface area contributed by atoms with Gasteiger partial charge < -0.3 is 25.6 Å². The third kappa shape index (κ3) is 4.47. The van der Waals surface area contributed by atoms with Crippen molar-refractivity contribution in [3.05, 3.63) is 36.9 Å². The highest BCUT2D eigenvalue weighted by Gasteiger charge is 2.39. The van der Waals surface area contributed by atoms with Crippen LogP contribution < -0.4 is 10.6 Å². The maximum absolute atomic E-state index is 9.03. The standard InChI is InChI=1S/C15H14N6.C2H5N.H2OS.H2O.H2/c16-4-3-15(9-17-10-15)21-8-11(7-20-21)12-1-5-18-14-13(12)2-6-19-14;1-2-3-1;1-2;;/h1-2,5-8,17H,3,9-10H2,(H,18,19);3H,1-2H2;1-2H;1H2;1H. The number of nitrogens with one attached hydrogen (secondary N) is 3. The fourth-order valence-corrected chi connectivity index (χ4v) is 2.86. The minimum absolute atomic E-state index is 0. The van der Waals surface area contributed by atoms with E-state index in [-0.39, 0.29) is 12.4 Å². The monoisotopic (exact) mass is 391 g/mol. The van der Waals surface area contributed by atoms with Gasteiger partial charge >= 0.3 is 0 Å². The lowest BCUT2D eigenvalue weighted by atomic mass is 9.89. The van der Waals surface area contributed by atoms with Crippen LogP contribution in [0, 0.1) is 11.3 Å². The van der Waals surface area contributed by atoms with Crippen LogP contribution in [0.3, 0.4) is 0 Å². The predicted octanol–water partition coefficient (Wildman–Crippen LogP) is 1.04. The maximum Gasteiger partial charge on any atom is 0.137 e. The van der Waals surface area contributed by atoms with E-state index < -0.39 is 0 Å². The zero-order valence-corrected chi connectivity index (χ0v) is 15.6. The van der Waals surface area contributed by atoms with Gasteiger partial charge in [0.1, 0.15) is 11.2 Å². The molecule has 0 radical (unpaired) electrons. The lowest BCUT2D eigenvalue weighted by molar-refractivity contribution is 0.160. The molecule has 0 aromatic carbocycles. The molecule has 5 heterocycles. The molecule has 6 N–H and O–H groups in total. The number of thiol groups is 1. The van der Waals surface area contributed by atoms with E-state index in [1.165, 1.54) is 13.1 Å². The van der Waals surface area contributed by atoms with Crippen LogP contribution in [0.15, 0.2) is 36.9 Å². The number of nitrogens with zero attached hydrogens (tertiary/aromatic N) is 4. The van der Waals surface area contributed by atoms with E-state index in [4.69, 9.17) is 9.81 Å². The van der Waals surface area contributed by atoms with E-state index in [0.29, 0.717) is 6.42 Å². The number of hydrogen-bond acceptors (Lipinski definition) is 7. The number of aromatic nitrogens is 4. The normalized spacial score (nSPS) is 15.7. The molecule has 2 aliphatic heterocycles. The quantitative estimate of drug-likeness (QED) is 0.255. The number of hydrogen-bond donors (Lipinski definition) is 5. The molecule has 3 aromatic heterocycles. The van der Waals surface area contributed by atoms with Crippen molar-refractivity contribution in [1.82, 2.24) is 30.4 Å². The molecule has 27 heavy (non-hydrogen) atoms. The minimum Gasteiger partial charge on any atom is -0.412 e. The molecule has 0 atom stereocenters. The van der Waals surface area contributed by atoms with Crippen LogP contribution in [-0.2, 0) is 5.54 Å². The lowest BCUT2D eigenvalue weighted by Crippen LogP contribution is -2.60. The van der Waals surface area contributed by atoms with E-state index in [1.807, 2.05) is 35.4 Å². The molecule has 2 aliphatic rings. The summed E-state index contributed by atoms with van der Waals surface area (Å²) in [5.41, 5.74) is 2.83. The zero-order valence-electron chi connectivity index (χ0n) is 14.7. The number of nitriles is 1. The van der Waals surface area contributed by atoms with Gasteiger partial charge in [0.05, 0.1) is 18.7 Å². The first-order chi connectivity index (χ1) is 12.8. The Kier molecular flexibility index (Phi) is 7.35. The van der Waals surface area contributed by atoms with Gasteiger partial charge in [-0.25, -0.2) is 4.98 Å². The Morgan fingerprint density at radius 2 is 2.04 bits per heavy atom. The van der Waals surface area contributed by atoms with Gasteiger partial charge in [-0.2, -0.15) is 10.4 Å². The maximum atomic E-state index is 9.03. The molecular formula is C17H25N7O2S. The summed E-state index contributed by atoms with van der Waals surface area (Å²) in [6.45, 7) is 4.08. The average molecular weight is 392 g/mol. The Morgan fingerprint density at radius 3 is 2.63 bits per heavy atom. The van der Waals surface area contributed by atoms with Gasteiger partial charge in [0, 0.05) is 57.1 Å². The first-order valence-corrected chi connectivity index (χ1v) is 8.68. The summed E-state index contributed by atoms with van der Waals surface area (Å²) in [6.07, 6.45) is 8.04. The molecule has 0 saturated carbocycles. The van der Waals surface area contributed by atoms with Crippen LogP contribution in [0.2, 0.25) is 0 Å². The number of aromatic amines is 1. The van der Waals surface area contributed by atoms with Crippen LogP contribution in [-0.4, -0.2) is 56.0 Å². The average Bonchev–Trinajstić information content (AvgIpc) is 3.31. The van der Waals surface area contributed by atoms with E-state index >= 15 is 0 Å². The molecule has 0 amide bonds. The molecule has 2 saturated heterocycles. The second kappa shape index (κ2) is 9.50. The van der Waals surface area contributed by atoms with E-state index in [2.05, 4.69) is 44.7 Å². The molecule has 0 unspecified atom stereocenters. The van der Waals surface area contributed by atoms with Gasteiger partial charge in [-0.3, -0.25) is 4.68 Å². The van der Waals surface area contributed by atoms with Crippen molar-refractivity contribution in [2.75, 3.05) is 26.2 Å². The first-order valence-electron chi connectivity index (χ1n) is 8.28. The van der Waals surface area contributed by atoms with Crippen LogP contribution >= 0.6 is 12.9 Å². The van der Waals surface area contributed by atoms with Gasteiger partial charge in [0.25, 0.3) is 0 Å². The molecule has 0 bridgehead atoms. The zero-order chi connectivity index (χ0) is 18.4. The summed E-state index contributed by atoms with van der Waals surface area (Å²) in [7, 11) is 0. The van der Waals surface area contributed by atoms with Crippen LogP contribution in [0.1, 0.15) is 7.85 Å². The topological polar surface area (TPSA) is 156 Å². The third-order valence-corrected chi connectivity index (χ3v) is 4.41. The van der Waals surface area contributed by atoms with Crippen molar-refractivity contribution >= 4 is 23.9 Å². The van der Waals surface area contributed by atoms with E-state index in [1.54, 1.807) is 6.20 Å². The van der Waals surface area contributed by atoms with Crippen molar-refractivity contribution in [3.8, 4) is 17.2 Å². The summed E-state index contributed by atoms with van der Waals surface area (Å²) in [5, 5.41) is 20.8. The molecule has 10 heteroatoms. The Hall–Kier alpha value is -2.42. The number of fused-ring (bicyclic) bond motifs is 1. The molecule has 5 rings (SSSR count). The molecule has 3 aromatic rings. The highest BCUT2D eigenvalue weighted by Crippen LogP contribution is 2.30. The smallest absolute Gasteiger partial charge is 0.137 e. The number of rotatable bonds is 3. The second-order valence-corrected chi connectivity index (χ2v) is 6.18. The van der Waals surface area contributed by atoms with Crippen molar-refractivity contribution in [3.63, 3.8) is 0 Å². The van der Waals surface area contributed by atoms with Gasteiger partial charge in [0.15, 0.2) is 0 Å². The van der Waals surface area contributed by atoms with Crippen LogP contribution in [0.4, 0.5) is 0 Å².